The smallest absolute Gasteiger partial charge is 0.336 e. The average molecular weight is 474 g/mol. The molecule has 2 aliphatic heterocycles. The van der Waals surface area contributed by atoms with E-state index in [0.29, 0.717) is 6.07 Å². The van der Waals surface area contributed by atoms with Crippen LogP contribution in [0.4, 0.5) is 5.82 Å². The van der Waals surface area contributed by atoms with Crippen LogP contribution in [0.2, 0.25) is 0 Å². The van der Waals surface area contributed by atoms with E-state index < -0.39 is 64.1 Å². The lowest BCUT2D eigenvalue weighted by Gasteiger charge is -2.59. The fraction of sp³-hybridized carbons (Fsp3) is 0.562. The summed E-state index contributed by atoms with van der Waals surface area (Å²) in [6, 6.07) is -1.50. The molecule has 3 rings (SSSR count). The van der Waals surface area contributed by atoms with Gasteiger partial charge in [-0.2, -0.15) is 5.26 Å². The summed E-state index contributed by atoms with van der Waals surface area (Å²) in [5.74, 6) is -21.2. The van der Waals surface area contributed by atoms with Crippen LogP contribution in [0, 0.1) is 17.2 Å². The number of likely N-dealkylation sites (N-methyl/N-ethyl adjacent to an activating group) is 1. The van der Waals surface area contributed by atoms with Gasteiger partial charge in [0.2, 0.25) is 12.1 Å². The maximum absolute atomic E-state index is 12.5. The van der Waals surface area contributed by atoms with Crippen molar-refractivity contribution in [3.63, 3.8) is 0 Å². The number of anilines is 1. The fourth-order valence-corrected chi connectivity index (χ4v) is 3.97. The molecule has 0 radical (unpaired) electrons. The molecule has 3 atom stereocenters. The molecule has 2 aliphatic rings. The zero-order valence-electron chi connectivity index (χ0n) is 17.0. The molecule has 1 amide bonds. The number of piperidine rings is 1. The number of rotatable bonds is 2. The number of amides is 1. The van der Waals surface area contributed by atoms with E-state index in [0.717, 1.165) is 25.1 Å². The second-order valence-corrected chi connectivity index (χ2v) is 7.71. The highest BCUT2D eigenvalue weighted by molar-refractivity contribution is 6.06. The number of aromatic nitrogens is 1. The number of aliphatic hydroxyl groups is 9. The number of nitriles is 1. The molecule has 33 heavy (non-hydrogen) atoms. The van der Waals surface area contributed by atoms with Crippen molar-refractivity contribution in [1.29, 1.82) is 5.26 Å². The van der Waals surface area contributed by atoms with Crippen molar-refractivity contribution in [2.24, 2.45) is 10.9 Å². The van der Waals surface area contributed by atoms with E-state index in [-0.39, 0.29) is 11.4 Å². The molecule has 3 unspecified atom stereocenters. The third-order valence-electron chi connectivity index (χ3n) is 5.65. The lowest BCUT2D eigenvalue weighted by atomic mass is 9.80. The largest absolute Gasteiger partial charge is 0.506 e. The first kappa shape index (κ1) is 24.6. The van der Waals surface area contributed by atoms with E-state index in [2.05, 4.69) is 15.3 Å². The number of nitrogens with one attached hydrogen (secondary N) is 2. The lowest BCUT2D eigenvalue weighted by Crippen LogP contribution is -2.86. The van der Waals surface area contributed by atoms with Gasteiger partial charge in [-0.05, 0) is 0 Å². The minimum absolute atomic E-state index is 0.0156. The molecular weight excluding hydrogens is 452 g/mol. The number of hydrogen-bond acceptors (Lipinski definition) is 15. The zero-order chi connectivity index (χ0) is 25.3. The molecule has 182 valence electrons. The van der Waals surface area contributed by atoms with Crippen molar-refractivity contribution in [2.45, 2.75) is 42.7 Å². The van der Waals surface area contributed by atoms with Crippen molar-refractivity contribution in [2.75, 3.05) is 12.4 Å². The number of likely N-dealkylation sites (tertiary alicyclic amines) is 1. The average Bonchev–Trinajstić information content (AvgIpc) is 3.06. The Hall–Kier alpha value is -3.05. The van der Waals surface area contributed by atoms with Crippen molar-refractivity contribution < 1.29 is 55.9 Å². The van der Waals surface area contributed by atoms with Crippen molar-refractivity contribution in [3.8, 4) is 11.8 Å². The Balaban J connectivity index is 2.20. The maximum atomic E-state index is 12.5. The molecule has 1 aromatic rings. The van der Waals surface area contributed by atoms with Gasteiger partial charge in [0.15, 0.2) is 0 Å². The Morgan fingerprint density at radius 2 is 1.85 bits per heavy atom. The number of aliphatic imine (C=N–C) groups is 1. The third-order valence-corrected chi connectivity index (χ3v) is 5.65. The van der Waals surface area contributed by atoms with Gasteiger partial charge in [0.1, 0.15) is 35.1 Å². The Morgan fingerprint density at radius 1 is 1.27 bits per heavy atom. The van der Waals surface area contributed by atoms with Crippen LogP contribution in [0.5, 0.6) is 5.75 Å². The van der Waals surface area contributed by atoms with Crippen LogP contribution in [0.3, 0.4) is 0 Å². The molecule has 1 fully saturated rings. The van der Waals surface area contributed by atoms with Gasteiger partial charge in [0.25, 0.3) is 5.91 Å². The predicted molar refractivity (Wildman–Crippen MR) is 100 cm³/mol. The number of H-pyrrole nitrogens is 1. The number of carbonyl (C=O) groups excluding carboxylic acids is 1. The quantitative estimate of drug-likeness (QED) is 0.140. The highest BCUT2D eigenvalue weighted by Gasteiger charge is 2.74. The molecule has 1 saturated heterocycles. The van der Waals surface area contributed by atoms with E-state index in [1.165, 1.54) is 0 Å². The lowest BCUT2D eigenvalue weighted by molar-refractivity contribution is -0.503. The monoisotopic (exact) mass is 474 g/mol. The second kappa shape index (κ2) is 7.22. The molecule has 0 bridgehead atoms. The zero-order valence-corrected chi connectivity index (χ0v) is 17.0. The van der Waals surface area contributed by atoms with E-state index in [9.17, 15) is 55.9 Å². The number of nitrogens with zero attached hydrogens (tertiary/aromatic N) is 4. The number of carbonyl (C=O) groups is 1. The van der Waals surface area contributed by atoms with Crippen molar-refractivity contribution in [3.05, 3.63) is 11.8 Å². The molecule has 12 N–H and O–H groups in total. The first-order chi connectivity index (χ1) is 14.9. The van der Waals surface area contributed by atoms with Crippen molar-refractivity contribution in [1.82, 2.24) is 14.8 Å². The van der Waals surface area contributed by atoms with E-state index >= 15 is 0 Å². The topological polar surface area (TPSA) is 290 Å². The van der Waals surface area contributed by atoms with Gasteiger partial charge in [0.05, 0.1) is 0 Å². The second-order valence-electron chi connectivity index (χ2n) is 7.71. The van der Waals surface area contributed by atoms with Crippen LogP contribution in [0.25, 0.3) is 0 Å². The minimum Gasteiger partial charge on any atom is -0.506 e. The summed E-state index contributed by atoms with van der Waals surface area (Å²) in [5, 5.41) is 114. The van der Waals surface area contributed by atoms with E-state index in [1.54, 1.807) is 0 Å². The first-order valence-electron chi connectivity index (χ1n) is 9.13. The van der Waals surface area contributed by atoms with E-state index in [1.807, 2.05) is 0 Å². The summed E-state index contributed by atoms with van der Waals surface area (Å²) < 4.78 is 0. The van der Waals surface area contributed by atoms with Gasteiger partial charge in [-0.25, -0.2) is 9.89 Å². The normalized spacial score (nSPS) is 27.6. The molecular formula is C16H22N6O11. The van der Waals surface area contributed by atoms with Crippen LogP contribution in [0.15, 0.2) is 11.2 Å². The summed E-state index contributed by atoms with van der Waals surface area (Å²) in [6.45, 7) is 0.900. The van der Waals surface area contributed by atoms with Crippen LogP contribution in [-0.2, 0) is 4.79 Å². The van der Waals surface area contributed by atoms with Crippen molar-refractivity contribution >= 4 is 17.6 Å². The summed E-state index contributed by atoms with van der Waals surface area (Å²) in [5.41, 5.74) is -0.134. The van der Waals surface area contributed by atoms with Gasteiger partial charge < -0.3 is 66.3 Å². The minimum atomic E-state index is -4.27. The molecule has 0 spiro atoms. The summed E-state index contributed by atoms with van der Waals surface area (Å²) in [6.07, 6.45) is -0.557. The predicted octanol–water partition coefficient (Wildman–Crippen LogP) is -5.89. The van der Waals surface area contributed by atoms with Crippen LogP contribution >= 0.6 is 0 Å². The number of aliphatic hydroxyl groups excluding tert-OH is 1. The third kappa shape index (κ3) is 3.29. The molecule has 1 aromatic heterocycles. The van der Waals surface area contributed by atoms with Gasteiger partial charge in [-0.1, -0.05) is 6.92 Å². The first-order valence-corrected chi connectivity index (χ1v) is 9.13. The Labute approximate surface area is 183 Å². The molecule has 0 saturated carbocycles. The number of hydrogen-bond donors (Lipinski definition) is 12. The SMILES string of the molecule is CC1C(N(C)C2=NC(O)Nc3[nH]cc(O)c32)C(O)(O)N(C(=O)C(O)(O)C#N)C(O)(O)C1(O)O. The molecule has 0 aromatic carbocycles. The summed E-state index contributed by atoms with van der Waals surface area (Å²) in [4.78, 5) is 18.7. The van der Waals surface area contributed by atoms with Gasteiger partial charge in [-0.3, -0.25) is 4.79 Å². The fourth-order valence-electron chi connectivity index (χ4n) is 3.97. The van der Waals surface area contributed by atoms with Gasteiger partial charge in [-0.15, -0.1) is 0 Å². The summed E-state index contributed by atoms with van der Waals surface area (Å²) >= 11 is 0. The molecule has 17 nitrogen and oxygen atoms in total. The molecule has 17 heteroatoms. The number of fused-ring (bicyclic) bond motifs is 1. The number of amidine groups is 1. The Kier molecular flexibility index (Phi) is 5.38. The van der Waals surface area contributed by atoms with Crippen LogP contribution in [0.1, 0.15) is 12.5 Å². The van der Waals surface area contributed by atoms with Crippen LogP contribution < -0.4 is 5.32 Å². The Bertz CT molecular complexity index is 1040. The number of aromatic hydroxyl groups is 1. The standard InChI is InChI=1S/C16H22N6O11/c1-5-8(21(2)10-7-6(23)3-18-9(7)19-12(25)20-10)15(30,31)22(11(24)13(26,27)4-17)16(32,33)14(5,28)29/h3,5,8,12,18-19,23,25-33H,1-2H3. The van der Waals surface area contributed by atoms with E-state index in [4.69, 9.17) is 5.26 Å². The Morgan fingerprint density at radius 3 is 2.39 bits per heavy atom. The highest BCUT2D eigenvalue weighted by atomic mass is 16.6. The summed E-state index contributed by atoms with van der Waals surface area (Å²) in [7, 11) is 1.05. The van der Waals surface area contributed by atoms with Gasteiger partial charge in [0, 0.05) is 19.2 Å². The molecule has 3 heterocycles. The van der Waals surface area contributed by atoms with Crippen LogP contribution in [-0.4, -0.2) is 120 Å². The molecule has 0 aliphatic carbocycles. The van der Waals surface area contributed by atoms with Gasteiger partial charge >= 0.3 is 17.6 Å². The number of aromatic amines is 1. The maximum Gasteiger partial charge on any atom is 0.336 e. The highest BCUT2D eigenvalue weighted by Crippen LogP contribution is 2.46.